The summed E-state index contributed by atoms with van der Waals surface area (Å²) < 4.78 is 14.2. The summed E-state index contributed by atoms with van der Waals surface area (Å²) in [6.45, 7) is 9.69. The van der Waals surface area contributed by atoms with Gasteiger partial charge in [-0.2, -0.15) is 0 Å². The number of hydrogen-bond donors (Lipinski definition) is 2. The van der Waals surface area contributed by atoms with Crippen molar-refractivity contribution in [2.75, 3.05) is 18.4 Å². The molecule has 176 valence electrons. The van der Waals surface area contributed by atoms with E-state index in [2.05, 4.69) is 29.4 Å². The molecule has 2 aliphatic heterocycles. The molecular formula is C25H37FN4O2. The SMILES string of the molecule is CC(=O)N(C(C)C)C1CCN(C2CCC[C@@H](NC(=O)C3Cc4c(F)ccc(C)c4N3)C2)C1. The molecule has 1 aliphatic carbocycles. The summed E-state index contributed by atoms with van der Waals surface area (Å²) in [5.74, 6) is -0.124. The number of benzene rings is 1. The summed E-state index contributed by atoms with van der Waals surface area (Å²) >= 11 is 0. The van der Waals surface area contributed by atoms with Crippen molar-refractivity contribution in [3.05, 3.63) is 29.1 Å². The van der Waals surface area contributed by atoms with Gasteiger partial charge in [0.25, 0.3) is 0 Å². The van der Waals surface area contributed by atoms with E-state index in [1.54, 1.807) is 13.0 Å². The number of nitrogens with zero attached hydrogens (tertiary/aromatic N) is 2. The molecule has 0 radical (unpaired) electrons. The predicted octanol–water partition coefficient (Wildman–Crippen LogP) is 3.23. The number of hydrogen-bond acceptors (Lipinski definition) is 4. The number of anilines is 1. The second-order valence-corrected chi connectivity index (χ2v) is 10.1. The molecule has 2 amide bonds. The van der Waals surface area contributed by atoms with E-state index in [0.29, 0.717) is 18.0 Å². The van der Waals surface area contributed by atoms with E-state index in [1.807, 2.05) is 11.8 Å². The predicted molar refractivity (Wildman–Crippen MR) is 124 cm³/mol. The Balaban J connectivity index is 1.32. The maximum absolute atomic E-state index is 14.2. The summed E-state index contributed by atoms with van der Waals surface area (Å²) in [5.41, 5.74) is 2.36. The number of fused-ring (bicyclic) bond motifs is 1. The summed E-state index contributed by atoms with van der Waals surface area (Å²) in [5, 5.41) is 6.48. The van der Waals surface area contributed by atoms with Gasteiger partial charge in [0.15, 0.2) is 0 Å². The molecule has 2 fully saturated rings. The van der Waals surface area contributed by atoms with Crippen LogP contribution in [-0.4, -0.2) is 64.9 Å². The molecule has 1 aromatic carbocycles. The molecule has 0 spiro atoms. The van der Waals surface area contributed by atoms with E-state index in [9.17, 15) is 14.0 Å². The Bertz CT molecular complexity index is 843. The number of nitrogens with one attached hydrogen (secondary N) is 2. The highest BCUT2D eigenvalue weighted by Crippen LogP contribution is 2.32. The standard InChI is InChI=1S/C25H37FN4O2/c1-15(2)30(17(4)31)20-10-11-29(14-20)19-7-5-6-18(12-19)27-25(32)23-13-21-22(26)9-8-16(3)24(21)28-23/h8-9,15,18-20,23,28H,5-7,10-14H2,1-4H3,(H,27,32)/t18-,19?,20?,23?/m1/s1. The van der Waals surface area contributed by atoms with Gasteiger partial charge in [0.2, 0.25) is 11.8 Å². The van der Waals surface area contributed by atoms with E-state index in [1.165, 1.54) is 6.07 Å². The first kappa shape index (κ1) is 23.0. The third kappa shape index (κ3) is 4.63. The summed E-state index contributed by atoms with van der Waals surface area (Å²) in [7, 11) is 0. The van der Waals surface area contributed by atoms with Crippen LogP contribution < -0.4 is 10.6 Å². The van der Waals surface area contributed by atoms with Gasteiger partial charge in [-0.25, -0.2) is 4.39 Å². The Morgan fingerprint density at radius 1 is 1.25 bits per heavy atom. The van der Waals surface area contributed by atoms with Crippen LogP contribution >= 0.6 is 0 Å². The maximum atomic E-state index is 14.2. The van der Waals surface area contributed by atoms with Gasteiger partial charge in [-0.3, -0.25) is 14.5 Å². The van der Waals surface area contributed by atoms with Crippen molar-refractivity contribution in [2.24, 2.45) is 0 Å². The third-order valence-electron chi connectivity index (χ3n) is 7.52. The van der Waals surface area contributed by atoms with Crippen molar-refractivity contribution in [2.45, 2.75) is 96.4 Å². The Hall–Kier alpha value is -2.15. The minimum atomic E-state index is -0.410. The van der Waals surface area contributed by atoms with Crippen molar-refractivity contribution in [1.82, 2.24) is 15.1 Å². The van der Waals surface area contributed by atoms with Crippen LogP contribution in [0.25, 0.3) is 0 Å². The second kappa shape index (κ2) is 9.38. The van der Waals surface area contributed by atoms with Gasteiger partial charge in [-0.05, 0) is 64.5 Å². The van der Waals surface area contributed by atoms with E-state index in [-0.39, 0.29) is 35.8 Å². The first-order valence-electron chi connectivity index (χ1n) is 12.1. The van der Waals surface area contributed by atoms with Crippen LogP contribution in [0, 0.1) is 12.7 Å². The molecule has 6 nitrogen and oxygen atoms in total. The Labute approximate surface area is 190 Å². The molecular weight excluding hydrogens is 407 g/mol. The van der Waals surface area contributed by atoms with Gasteiger partial charge in [-0.15, -0.1) is 0 Å². The highest BCUT2D eigenvalue weighted by atomic mass is 19.1. The van der Waals surface area contributed by atoms with Crippen LogP contribution in [0.4, 0.5) is 10.1 Å². The van der Waals surface area contributed by atoms with Crippen molar-refractivity contribution >= 4 is 17.5 Å². The van der Waals surface area contributed by atoms with Crippen LogP contribution in [0.15, 0.2) is 12.1 Å². The first-order chi connectivity index (χ1) is 15.2. The fourth-order valence-electron chi connectivity index (χ4n) is 6.03. The molecule has 4 atom stereocenters. The molecule has 7 heteroatoms. The normalized spacial score (nSPS) is 27.8. The molecule has 1 aromatic rings. The largest absolute Gasteiger partial charge is 0.373 e. The van der Waals surface area contributed by atoms with Gasteiger partial charge in [-0.1, -0.05) is 6.07 Å². The number of halogens is 1. The summed E-state index contributed by atoms with van der Waals surface area (Å²) in [4.78, 5) is 29.6. The number of carbonyl (C=O) groups excluding carboxylic acids is 2. The minimum absolute atomic E-state index is 0.0347. The third-order valence-corrected chi connectivity index (χ3v) is 7.52. The smallest absolute Gasteiger partial charge is 0.243 e. The number of carbonyl (C=O) groups is 2. The van der Waals surface area contributed by atoms with Crippen LogP contribution in [0.5, 0.6) is 0 Å². The van der Waals surface area contributed by atoms with Crippen molar-refractivity contribution < 1.29 is 14.0 Å². The zero-order valence-electron chi connectivity index (χ0n) is 19.8. The summed E-state index contributed by atoms with van der Waals surface area (Å²) in [6, 6.07) is 3.90. The Kier molecular flexibility index (Phi) is 6.75. The van der Waals surface area contributed by atoms with Gasteiger partial charge in [0, 0.05) is 61.9 Å². The van der Waals surface area contributed by atoms with E-state index in [4.69, 9.17) is 0 Å². The fraction of sp³-hybridized carbons (Fsp3) is 0.680. The van der Waals surface area contributed by atoms with E-state index < -0.39 is 6.04 Å². The van der Waals surface area contributed by atoms with Gasteiger partial charge in [0.1, 0.15) is 11.9 Å². The quantitative estimate of drug-likeness (QED) is 0.732. The lowest BCUT2D eigenvalue weighted by Gasteiger charge is -2.37. The molecule has 3 aliphatic rings. The van der Waals surface area contributed by atoms with Crippen molar-refractivity contribution in [3.8, 4) is 0 Å². The Morgan fingerprint density at radius 3 is 2.72 bits per heavy atom. The molecule has 0 aromatic heterocycles. The zero-order chi connectivity index (χ0) is 23.0. The van der Waals surface area contributed by atoms with Crippen molar-refractivity contribution in [1.29, 1.82) is 0 Å². The molecule has 0 bridgehead atoms. The zero-order valence-corrected chi connectivity index (χ0v) is 19.8. The molecule has 3 unspecified atom stereocenters. The monoisotopic (exact) mass is 444 g/mol. The first-order valence-corrected chi connectivity index (χ1v) is 12.1. The highest BCUT2D eigenvalue weighted by Gasteiger charge is 2.37. The maximum Gasteiger partial charge on any atom is 0.243 e. The van der Waals surface area contributed by atoms with Crippen LogP contribution in [-0.2, 0) is 16.0 Å². The molecule has 1 saturated heterocycles. The molecule has 2 N–H and O–H groups in total. The average molecular weight is 445 g/mol. The lowest BCUT2D eigenvalue weighted by Crippen LogP contribution is -2.50. The summed E-state index contributed by atoms with van der Waals surface area (Å²) in [6.07, 6.45) is 5.56. The number of amides is 2. The van der Waals surface area contributed by atoms with E-state index >= 15 is 0 Å². The van der Waals surface area contributed by atoms with Crippen LogP contribution in [0.3, 0.4) is 0 Å². The lowest BCUT2D eigenvalue weighted by atomic mass is 9.89. The number of rotatable bonds is 5. The molecule has 32 heavy (non-hydrogen) atoms. The number of aryl methyl sites for hydroxylation is 1. The fourth-order valence-corrected chi connectivity index (χ4v) is 6.03. The average Bonchev–Trinajstić information content (AvgIpc) is 3.39. The van der Waals surface area contributed by atoms with Gasteiger partial charge in [0.05, 0.1) is 0 Å². The van der Waals surface area contributed by atoms with E-state index in [0.717, 1.165) is 56.4 Å². The number of likely N-dealkylation sites (tertiary alicyclic amines) is 1. The molecule has 4 rings (SSSR count). The van der Waals surface area contributed by atoms with Gasteiger partial charge < -0.3 is 15.5 Å². The Morgan fingerprint density at radius 2 is 2.03 bits per heavy atom. The lowest BCUT2D eigenvalue weighted by molar-refractivity contribution is -0.133. The second-order valence-electron chi connectivity index (χ2n) is 10.1. The highest BCUT2D eigenvalue weighted by molar-refractivity contribution is 5.88. The molecule has 2 heterocycles. The van der Waals surface area contributed by atoms with Gasteiger partial charge >= 0.3 is 0 Å². The minimum Gasteiger partial charge on any atom is -0.373 e. The van der Waals surface area contributed by atoms with Crippen LogP contribution in [0.1, 0.15) is 64.0 Å². The topological polar surface area (TPSA) is 64.7 Å². The molecule has 1 saturated carbocycles. The van der Waals surface area contributed by atoms with Crippen molar-refractivity contribution in [3.63, 3.8) is 0 Å². The van der Waals surface area contributed by atoms with Crippen LogP contribution in [0.2, 0.25) is 0 Å².